The van der Waals surface area contributed by atoms with Gasteiger partial charge in [0.1, 0.15) is 5.78 Å². The zero-order valence-corrected chi connectivity index (χ0v) is 15.2. The summed E-state index contributed by atoms with van der Waals surface area (Å²) in [6.45, 7) is 0. The van der Waals surface area contributed by atoms with Gasteiger partial charge in [-0.2, -0.15) is 0 Å². The molecule has 0 saturated heterocycles. The molecule has 1 heteroatoms. The number of allylic oxidation sites excluding steroid dienone is 2. The Hall–Kier alpha value is -1.89. The van der Waals surface area contributed by atoms with E-state index in [2.05, 4.69) is 30.3 Å². The molecule has 0 aromatic heterocycles. The van der Waals surface area contributed by atoms with E-state index in [-0.39, 0.29) is 11.3 Å². The van der Waals surface area contributed by atoms with Gasteiger partial charge in [-0.25, -0.2) is 0 Å². The average Bonchev–Trinajstić information content (AvgIpc) is 3.23. The summed E-state index contributed by atoms with van der Waals surface area (Å²) in [7, 11) is 0. The highest BCUT2D eigenvalue weighted by Gasteiger charge is 2.59. The molecule has 0 radical (unpaired) electrons. The molecule has 5 aliphatic rings. The second-order valence-corrected chi connectivity index (χ2v) is 9.53. The number of ketones is 1. The molecule has 2 aromatic rings. The molecule has 0 aliphatic heterocycles. The van der Waals surface area contributed by atoms with E-state index in [0.29, 0.717) is 11.7 Å². The Morgan fingerprint density at radius 2 is 1.92 bits per heavy atom. The summed E-state index contributed by atoms with van der Waals surface area (Å²) in [6.07, 6.45) is 9.39. The van der Waals surface area contributed by atoms with Crippen molar-refractivity contribution in [1.29, 1.82) is 0 Å². The highest BCUT2D eigenvalue weighted by Crippen LogP contribution is 2.69. The highest BCUT2D eigenvalue weighted by molar-refractivity contribution is 5.94. The topological polar surface area (TPSA) is 17.1 Å². The zero-order chi connectivity index (χ0) is 17.0. The molecule has 0 N–H and O–H groups in total. The van der Waals surface area contributed by atoms with Crippen LogP contribution in [-0.4, -0.2) is 5.78 Å². The van der Waals surface area contributed by atoms with Crippen molar-refractivity contribution in [2.75, 3.05) is 0 Å². The number of Topliss-reactive ketones (excluding diaryl/α,β-unsaturated/α-hetero) is 1. The molecular weight excluding hydrogens is 316 g/mol. The van der Waals surface area contributed by atoms with Gasteiger partial charge in [-0.3, -0.25) is 4.79 Å². The fourth-order valence-corrected chi connectivity index (χ4v) is 7.72. The monoisotopic (exact) mass is 340 g/mol. The van der Waals surface area contributed by atoms with E-state index in [0.717, 1.165) is 18.8 Å². The van der Waals surface area contributed by atoms with Crippen LogP contribution in [0.4, 0.5) is 0 Å². The van der Waals surface area contributed by atoms with Gasteiger partial charge >= 0.3 is 0 Å². The maximum atomic E-state index is 13.3. The lowest BCUT2D eigenvalue weighted by molar-refractivity contribution is -0.123. The van der Waals surface area contributed by atoms with Crippen LogP contribution in [0.2, 0.25) is 0 Å². The number of fused-ring (bicyclic) bond motifs is 3. The molecule has 8 bridgehead atoms. The summed E-state index contributed by atoms with van der Waals surface area (Å²) in [5.74, 6) is 2.05. The number of rotatable bonds is 0. The van der Waals surface area contributed by atoms with Crippen molar-refractivity contribution >= 4 is 16.6 Å². The molecule has 1 fully saturated rings. The van der Waals surface area contributed by atoms with Gasteiger partial charge in [-0.05, 0) is 78.3 Å². The molecule has 4 atom stereocenters. The molecule has 4 unspecified atom stereocenters. The number of carbonyl (C=O) groups is 1. The molecule has 0 heterocycles. The fourth-order valence-electron chi connectivity index (χ4n) is 7.72. The lowest BCUT2D eigenvalue weighted by Crippen LogP contribution is -2.37. The van der Waals surface area contributed by atoms with E-state index in [1.807, 2.05) is 0 Å². The summed E-state index contributed by atoms with van der Waals surface area (Å²) < 4.78 is 0. The predicted molar refractivity (Wildman–Crippen MR) is 103 cm³/mol. The Morgan fingerprint density at radius 3 is 2.88 bits per heavy atom. The molecule has 1 spiro atoms. The first-order chi connectivity index (χ1) is 12.7. The van der Waals surface area contributed by atoms with Crippen molar-refractivity contribution in [3.05, 3.63) is 58.2 Å². The van der Waals surface area contributed by atoms with Gasteiger partial charge < -0.3 is 0 Å². The number of hydrogen-bond acceptors (Lipinski definition) is 1. The van der Waals surface area contributed by atoms with E-state index in [1.165, 1.54) is 66.0 Å². The lowest BCUT2D eigenvalue weighted by atomic mass is 9.59. The van der Waals surface area contributed by atoms with Crippen LogP contribution < -0.4 is 0 Å². The fraction of sp³-hybridized carbons (Fsp3) is 0.480. The van der Waals surface area contributed by atoms with Crippen LogP contribution in [0.25, 0.3) is 10.8 Å². The Labute approximate surface area is 154 Å². The minimum atomic E-state index is 0.147. The van der Waals surface area contributed by atoms with Crippen LogP contribution in [0.1, 0.15) is 73.5 Å². The number of carbonyl (C=O) groups excluding carboxylic acids is 1. The minimum absolute atomic E-state index is 0.147. The van der Waals surface area contributed by atoms with Crippen LogP contribution in [0.5, 0.6) is 0 Å². The van der Waals surface area contributed by atoms with Crippen molar-refractivity contribution in [3.63, 3.8) is 0 Å². The Bertz CT molecular complexity index is 1040. The standard InChI is InChI=1S/C25H24O/c26-22-7-6-16-10-14-4-5-15-11-18(14)12-20(16)24(22)25-9-8-17(13-25)23-19(15)2-1-3-21(23)25/h4-5,10-12,17,19,24H,1-3,6-9,13H2. The second-order valence-electron chi connectivity index (χ2n) is 9.53. The molecule has 5 aliphatic carbocycles. The van der Waals surface area contributed by atoms with Crippen molar-refractivity contribution < 1.29 is 4.79 Å². The first-order valence-electron chi connectivity index (χ1n) is 10.6. The van der Waals surface area contributed by atoms with Crippen molar-refractivity contribution in [1.82, 2.24) is 0 Å². The second kappa shape index (κ2) is 4.50. The van der Waals surface area contributed by atoms with Gasteiger partial charge in [0.05, 0.1) is 5.92 Å². The van der Waals surface area contributed by atoms with E-state index >= 15 is 0 Å². The van der Waals surface area contributed by atoms with Crippen LogP contribution in [0, 0.1) is 11.3 Å². The first-order valence-corrected chi connectivity index (χ1v) is 10.6. The molecular formula is C25H24O. The molecule has 0 amide bonds. The normalized spacial score (nSPS) is 36.5. The summed E-state index contributed by atoms with van der Waals surface area (Å²) in [4.78, 5) is 13.3. The third kappa shape index (κ3) is 1.50. The summed E-state index contributed by atoms with van der Waals surface area (Å²) in [6, 6.07) is 12.0. The highest BCUT2D eigenvalue weighted by atomic mass is 16.1. The Kier molecular flexibility index (Phi) is 2.46. The van der Waals surface area contributed by atoms with Crippen LogP contribution in [0.15, 0.2) is 41.5 Å². The van der Waals surface area contributed by atoms with Gasteiger partial charge in [0.25, 0.3) is 0 Å². The number of hydrogen-bond donors (Lipinski definition) is 0. The van der Waals surface area contributed by atoms with Crippen molar-refractivity contribution in [2.45, 2.75) is 63.2 Å². The zero-order valence-electron chi connectivity index (χ0n) is 15.2. The number of aryl methyl sites for hydroxylation is 1. The van der Waals surface area contributed by atoms with E-state index in [9.17, 15) is 4.79 Å². The van der Waals surface area contributed by atoms with Crippen LogP contribution in [0.3, 0.4) is 0 Å². The molecule has 1 saturated carbocycles. The van der Waals surface area contributed by atoms with Crippen molar-refractivity contribution in [2.24, 2.45) is 11.3 Å². The Balaban J connectivity index is 1.65. The first kappa shape index (κ1) is 14.2. The maximum Gasteiger partial charge on any atom is 0.141 e. The van der Waals surface area contributed by atoms with Crippen LogP contribution in [-0.2, 0) is 11.2 Å². The quantitative estimate of drug-likeness (QED) is 0.553. The molecule has 26 heavy (non-hydrogen) atoms. The predicted octanol–water partition coefficient (Wildman–Crippen LogP) is 5.82. The molecule has 1 nitrogen and oxygen atoms in total. The third-order valence-corrected chi connectivity index (χ3v) is 8.58. The molecule has 7 rings (SSSR count). The maximum absolute atomic E-state index is 13.3. The third-order valence-electron chi connectivity index (χ3n) is 8.58. The Morgan fingerprint density at radius 1 is 0.962 bits per heavy atom. The average molecular weight is 340 g/mol. The van der Waals surface area contributed by atoms with Gasteiger partial charge in [-0.1, -0.05) is 41.5 Å². The summed E-state index contributed by atoms with van der Waals surface area (Å²) >= 11 is 0. The van der Waals surface area contributed by atoms with E-state index < -0.39 is 0 Å². The number of benzene rings is 2. The smallest absolute Gasteiger partial charge is 0.141 e. The molecule has 130 valence electrons. The summed E-state index contributed by atoms with van der Waals surface area (Å²) in [5, 5.41) is 2.73. The van der Waals surface area contributed by atoms with Gasteiger partial charge in [0, 0.05) is 17.8 Å². The SMILES string of the molecule is O=C1CCc2cc3ccc4cc3cc2C1C12CCC(C1)C1=C2CCCC14. The van der Waals surface area contributed by atoms with Gasteiger partial charge in [-0.15, -0.1) is 0 Å². The largest absolute Gasteiger partial charge is 0.299 e. The molecule has 2 aromatic carbocycles. The van der Waals surface area contributed by atoms with Gasteiger partial charge in [0.2, 0.25) is 0 Å². The van der Waals surface area contributed by atoms with E-state index in [1.54, 1.807) is 11.1 Å². The van der Waals surface area contributed by atoms with Crippen molar-refractivity contribution in [3.8, 4) is 0 Å². The lowest BCUT2D eigenvalue weighted by Gasteiger charge is -2.44. The van der Waals surface area contributed by atoms with E-state index in [4.69, 9.17) is 0 Å². The minimum Gasteiger partial charge on any atom is -0.299 e. The summed E-state index contributed by atoms with van der Waals surface area (Å²) in [5.41, 5.74) is 8.08. The van der Waals surface area contributed by atoms with Gasteiger partial charge in [0.15, 0.2) is 0 Å². The van der Waals surface area contributed by atoms with Crippen LogP contribution >= 0.6 is 0 Å².